The van der Waals surface area contributed by atoms with Gasteiger partial charge >= 0.3 is 6.61 Å². The molecule has 4 nitrogen and oxygen atoms in total. The highest BCUT2D eigenvalue weighted by molar-refractivity contribution is 6.54. The fourth-order valence-electron chi connectivity index (χ4n) is 3.41. The first kappa shape index (κ1) is 24.5. The van der Waals surface area contributed by atoms with Crippen molar-refractivity contribution < 1.29 is 18.3 Å². The second kappa shape index (κ2) is 9.75. The van der Waals surface area contributed by atoms with Crippen molar-refractivity contribution >= 4 is 42.3 Å². The lowest BCUT2D eigenvalue weighted by Gasteiger charge is -2.49. The zero-order valence-corrected chi connectivity index (χ0v) is 18.1. The molecule has 0 atom stereocenters. The molecule has 0 unspecified atom stereocenters. The normalized spacial score (nSPS) is 12.7. The number of aromatic amines is 1. The first-order chi connectivity index (χ1) is 15.0. The number of likely N-dealkylation sites (N-methyl/N-ethyl adjacent to an activating group) is 1. The van der Waals surface area contributed by atoms with Crippen molar-refractivity contribution in [1.29, 1.82) is 0 Å². The third kappa shape index (κ3) is 5.07. The summed E-state index contributed by atoms with van der Waals surface area (Å²) in [4.78, 5) is 4.70. The first-order valence-electron chi connectivity index (χ1n) is 10.1. The highest BCUT2D eigenvalue weighted by atomic mass is 19.3. The fourth-order valence-corrected chi connectivity index (χ4v) is 3.41. The van der Waals surface area contributed by atoms with E-state index in [0.29, 0.717) is 23.1 Å². The highest BCUT2D eigenvalue weighted by Gasteiger charge is 2.39. The minimum absolute atomic E-state index is 0.0393. The van der Waals surface area contributed by atoms with Gasteiger partial charge < -0.3 is 19.4 Å². The lowest BCUT2D eigenvalue weighted by atomic mass is 9.31. The molecule has 8 radical (unpaired) electrons. The van der Waals surface area contributed by atoms with E-state index >= 15 is 0 Å². The van der Waals surface area contributed by atoms with Crippen LogP contribution in [0.15, 0.2) is 48.7 Å². The lowest BCUT2D eigenvalue weighted by Crippen LogP contribution is -2.62. The van der Waals surface area contributed by atoms with Gasteiger partial charge in [-0.2, -0.15) is 8.78 Å². The zero-order chi connectivity index (χ0) is 23.5. The van der Waals surface area contributed by atoms with E-state index in [1.54, 1.807) is 25.2 Å². The summed E-state index contributed by atoms with van der Waals surface area (Å²) in [7, 11) is 28.8. The number of hydrogen-bond acceptors (Lipinski definition) is 3. The summed E-state index contributed by atoms with van der Waals surface area (Å²) in [5, 5.41) is -2.42. The summed E-state index contributed by atoms with van der Waals surface area (Å²) in [6.07, 6.45) is 2.09. The van der Waals surface area contributed by atoms with Crippen LogP contribution in [-0.4, -0.2) is 73.9 Å². The Kier molecular flexibility index (Phi) is 7.46. The molecule has 0 saturated carbocycles. The Labute approximate surface area is 192 Å². The monoisotopic (exact) mass is 428 g/mol. The minimum atomic E-state index is -2.76. The van der Waals surface area contributed by atoms with Gasteiger partial charge in [0.1, 0.15) is 12.4 Å². The SMILES string of the molecule is [B]C([B])(c1c[nH]c2cccc(OCc3ccc(CCOC(F)F)cc3)c12)C([B])([B])N(C)C. The molecule has 0 saturated heterocycles. The van der Waals surface area contributed by atoms with Crippen molar-refractivity contribution in [2.75, 3.05) is 20.7 Å². The molecule has 0 aliphatic rings. The van der Waals surface area contributed by atoms with Crippen LogP contribution in [0, 0.1) is 0 Å². The Hall–Kier alpha value is -2.18. The fraction of sp³-hybridized carbons (Fsp3) is 0.364. The molecule has 1 heterocycles. The molecule has 1 aromatic heterocycles. The zero-order valence-electron chi connectivity index (χ0n) is 18.1. The molecule has 10 heteroatoms. The molecular weight excluding hydrogens is 405 g/mol. The maximum atomic E-state index is 12.1. The third-order valence-electron chi connectivity index (χ3n) is 5.57. The Morgan fingerprint density at radius 1 is 1.00 bits per heavy atom. The van der Waals surface area contributed by atoms with Crippen molar-refractivity contribution in [1.82, 2.24) is 9.88 Å². The van der Waals surface area contributed by atoms with Crippen LogP contribution in [0.1, 0.15) is 16.7 Å². The van der Waals surface area contributed by atoms with Crippen LogP contribution in [0.3, 0.4) is 0 Å². The van der Waals surface area contributed by atoms with Crippen molar-refractivity contribution in [3.05, 3.63) is 65.4 Å². The van der Waals surface area contributed by atoms with E-state index in [1.165, 1.54) is 0 Å². The molecule has 3 rings (SSSR count). The Bertz CT molecular complexity index is 1040. The average Bonchev–Trinajstić information content (AvgIpc) is 3.18. The van der Waals surface area contributed by atoms with Gasteiger partial charge in [-0.05, 0) is 49.3 Å². The van der Waals surface area contributed by atoms with Gasteiger partial charge in [0, 0.05) is 17.1 Å². The van der Waals surface area contributed by atoms with Crippen LogP contribution in [0.2, 0.25) is 0 Å². The second-order valence-corrected chi connectivity index (χ2v) is 7.96. The lowest BCUT2D eigenvalue weighted by molar-refractivity contribution is -0.127. The van der Waals surface area contributed by atoms with Crippen molar-refractivity contribution in [3.8, 4) is 5.75 Å². The van der Waals surface area contributed by atoms with Gasteiger partial charge in [-0.1, -0.05) is 40.9 Å². The number of ether oxygens (including phenoxy) is 2. The molecule has 0 bridgehead atoms. The summed E-state index contributed by atoms with van der Waals surface area (Å²) >= 11 is 0. The van der Waals surface area contributed by atoms with Gasteiger partial charge in [0.05, 0.1) is 38.0 Å². The summed E-state index contributed by atoms with van der Waals surface area (Å²) in [6, 6.07) is 13.0. The van der Waals surface area contributed by atoms with Crippen LogP contribution in [-0.2, 0) is 23.0 Å². The highest BCUT2D eigenvalue weighted by Crippen LogP contribution is 2.38. The number of nitrogens with zero attached hydrogens (tertiary/aromatic N) is 1. The number of rotatable bonds is 10. The molecule has 0 fully saturated rings. The Morgan fingerprint density at radius 2 is 1.66 bits per heavy atom. The van der Waals surface area contributed by atoms with E-state index in [1.807, 2.05) is 42.5 Å². The van der Waals surface area contributed by atoms with Gasteiger partial charge in [0.2, 0.25) is 0 Å². The summed E-state index contributed by atoms with van der Waals surface area (Å²) in [6.45, 7) is -2.52. The van der Waals surface area contributed by atoms with E-state index in [0.717, 1.165) is 16.6 Å². The van der Waals surface area contributed by atoms with Crippen LogP contribution >= 0.6 is 0 Å². The maximum absolute atomic E-state index is 12.1. The Balaban J connectivity index is 1.80. The van der Waals surface area contributed by atoms with Crippen LogP contribution in [0.25, 0.3) is 10.9 Å². The molecular formula is C22H22B4F2N2O2. The van der Waals surface area contributed by atoms with E-state index < -0.39 is 17.2 Å². The summed E-state index contributed by atoms with van der Waals surface area (Å²) < 4.78 is 34.5. The second-order valence-electron chi connectivity index (χ2n) is 7.96. The van der Waals surface area contributed by atoms with Gasteiger partial charge in [-0.25, -0.2) is 0 Å². The van der Waals surface area contributed by atoms with Gasteiger partial charge in [-0.15, -0.1) is 0 Å². The molecule has 158 valence electrons. The van der Waals surface area contributed by atoms with Gasteiger partial charge in [0.25, 0.3) is 0 Å². The van der Waals surface area contributed by atoms with Crippen LogP contribution in [0.5, 0.6) is 5.75 Å². The molecule has 3 aromatic rings. The molecule has 1 N–H and O–H groups in total. The predicted molar refractivity (Wildman–Crippen MR) is 126 cm³/mol. The molecule has 0 aliphatic heterocycles. The number of hydrogen-bond donors (Lipinski definition) is 1. The van der Waals surface area contributed by atoms with E-state index in [4.69, 9.17) is 36.1 Å². The molecule has 0 amide bonds. The quantitative estimate of drug-likeness (QED) is 0.506. The standard InChI is InChI=1S/C22H22B4F2N2O2/c1-30(2)22(25,26)21(23,24)16-12-29-17-4-3-5-18(19(16)17)32-13-15-8-6-14(7-9-15)10-11-31-20(27)28/h3-9,12,20,29H,10-11,13H2,1-2H3. The van der Waals surface area contributed by atoms with E-state index in [9.17, 15) is 8.78 Å². The first-order valence-corrected chi connectivity index (χ1v) is 10.1. The molecule has 32 heavy (non-hydrogen) atoms. The third-order valence-corrected chi connectivity index (χ3v) is 5.57. The maximum Gasteiger partial charge on any atom is 0.345 e. The Morgan fingerprint density at radius 3 is 2.28 bits per heavy atom. The van der Waals surface area contributed by atoms with Crippen molar-refractivity contribution in [2.45, 2.75) is 30.2 Å². The molecule has 2 aromatic carbocycles. The number of alkyl halides is 2. The average molecular weight is 428 g/mol. The smallest absolute Gasteiger partial charge is 0.345 e. The summed E-state index contributed by atoms with van der Waals surface area (Å²) in [5.41, 5.74) is 3.11. The number of benzene rings is 2. The van der Waals surface area contributed by atoms with E-state index in [-0.39, 0.29) is 13.2 Å². The van der Waals surface area contributed by atoms with Crippen molar-refractivity contribution in [3.63, 3.8) is 0 Å². The minimum Gasteiger partial charge on any atom is -0.488 e. The van der Waals surface area contributed by atoms with Crippen molar-refractivity contribution in [2.24, 2.45) is 0 Å². The van der Waals surface area contributed by atoms with Crippen LogP contribution in [0.4, 0.5) is 8.78 Å². The van der Waals surface area contributed by atoms with Gasteiger partial charge in [-0.3, -0.25) is 0 Å². The number of aromatic nitrogens is 1. The molecule has 0 spiro atoms. The largest absolute Gasteiger partial charge is 0.488 e. The topological polar surface area (TPSA) is 37.5 Å². The molecule has 0 aliphatic carbocycles. The summed E-state index contributed by atoms with van der Waals surface area (Å²) in [5.74, 6) is 0.572. The number of nitrogens with one attached hydrogen (secondary N) is 1. The van der Waals surface area contributed by atoms with Crippen LogP contribution < -0.4 is 4.74 Å². The van der Waals surface area contributed by atoms with E-state index in [2.05, 4.69) is 9.72 Å². The van der Waals surface area contributed by atoms with Gasteiger partial charge in [0.15, 0.2) is 0 Å². The number of H-pyrrole nitrogens is 1. The predicted octanol–water partition coefficient (Wildman–Crippen LogP) is 2.57. The number of halogens is 2. The number of fused-ring (bicyclic) bond motifs is 1.